The van der Waals surface area contributed by atoms with Crippen molar-refractivity contribution < 1.29 is 5.11 Å². The lowest BCUT2D eigenvalue weighted by Gasteiger charge is -2.43. The maximum Gasteiger partial charge on any atom is 0.0666 e. The second-order valence-electron chi connectivity index (χ2n) is 6.95. The SMILES string of the molecule is CC1(O)CCCCC1C1NCCc2c1[nH]c1ccccc21. The summed E-state index contributed by atoms with van der Waals surface area (Å²) in [5.74, 6) is 0.304. The van der Waals surface area contributed by atoms with Crippen molar-refractivity contribution in [3.8, 4) is 0 Å². The average molecular weight is 284 g/mol. The van der Waals surface area contributed by atoms with Crippen molar-refractivity contribution in [3.05, 3.63) is 35.5 Å². The number of aromatic amines is 1. The zero-order valence-electron chi connectivity index (χ0n) is 12.7. The lowest BCUT2D eigenvalue weighted by molar-refractivity contribution is -0.0487. The molecule has 4 rings (SSSR count). The van der Waals surface area contributed by atoms with E-state index in [-0.39, 0.29) is 6.04 Å². The van der Waals surface area contributed by atoms with Crippen LogP contribution in [-0.4, -0.2) is 22.2 Å². The molecule has 2 aliphatic rings. The predicted octanol–water partition coefficient (Wildman–Crippen LogP) is 3.30. The number of aliphatic hydroxyl groups is 1. The maximum atomic E-state index is 10.8. The fraction of sp³-hybridized carbons (Fsp3) is 0.556. The number of para-hydroxylation sites is 1. The Kier molecular flexibility index (Phi) is 3.09. The van der Waals surface area contributed by atoms with Crippen molar-refractivity contribution in [3.63, 3.8) is 0 Å². The third kappa shape index (κ3) is 2.11. The Morgan fingerprint density at radius 3 is 2.95 bits per heavy atom. The van der Waals surface area contributed by atoms with Crippen LogP contribution >= 0.6 is 0 Å². The summed E-state index contributed by atoms with van der Waals surface area (Å²) in [7, 11) is 0. The highest BCUT2D eigenvalue weighted by Crippen LogP contribution is 2.44. The van der Waals surface area contributed by atoms with Gasteiger partial charge in [0.15, 0.2) is 0 Å². The van der Waals surface area contributed by atoms with Crippen LogP contribution in [0.4, 0.5) is 0 Å². The van der Waals surface area contributed by atoms with Crippen molar-refractivity contribution in [2.45, 2.75) is 50.7 Å². The Morgan fingerprint density at radius 1 is 1.24 bits per heavy atom. The first kappa shape index (κ1) is 13.4. The monoisotopic (exact) mass is 284 g/mol. The van der Waals surface area contributed by atoms with Crippen LogP contribution in [0.2, 0.25) is 0 Å². The van der Waals surface area contributed by atoms with Gasteiger partial charge in [-0.15, -0.1) is 0 Å². The number of rotatable bonds is 1. The second kappa shape index (κ2) is 4.85. The number of benzene rings is 1. The largest absolute Gasteiger partial charge is 0.390 e. The van der Waals surface area contributed by atoms with E-state index in [9.17, 15) is 5.11 Å². The summed E-state index contributed by atoms with van der Waals surface area (Å²) < 4.78 is 0. The fourth-order valence-corrected chi connectivity index (χ4v) is 4.42. The highest BCUT2D eigenvalue weighted by atomic mass is 16.3. The van der Waals surface area contributed by atoms with Gasteiger partial charge < -0.3 is 15.4 Å². The molecule has 1 fully saturated rings. The minimum Gasteiger partial charge on any atom is -0.390 e. The fourth-order valence-electron chi connectivity index (χ4n) is 4.42. The van der Waals surface area contributed by atoms with E-state index in [1.165, 1.54) is 28.6 Å². The molecule has 1 aromatic heterocycles. The molecule has 2 aromatic rings. The molecule has 112 valence electrons. The minimum absolute atomic E-state index is 0.261. The molecule has 3 unspecified atom stereocenters. The molecule has 21 heavy (non-hydrogen) atoms. The Bertz CT molecular complexity index is 658. The molecule has 0 spiro atoms. The van der Waals surface area contributed by atoms with Crippen molar-refractivity contribution in [2.75, 3.05) is 6.54 Å². The van der Waals surface area contributed by atoms with Gasteiger partial charge in [-0.2, -0.15) is 0 Å². The van der Waals surface area contributed by atoms with Gasteiger partial charge in [-0.3, -0.25) is 0 Å². The van der Waals surface area contributed by atoms with Gasteiger partial charge in [-0.25, -0.2) is 0 Å². The third-order valence-corrected chi connectivity index (χ3v) is 5.55. The Morgan fingerprint density at radius 2 is 2.10 bits per heavy atom. The molecule has 3 heteroatoms. The van der Waals surface area contributed by atoms with Crippen LogP contribution in [0.15, 0.2) is 24.3 Å². The lowest BCUT2D eigenvalue weighted by Crippen LogP contribution is -2.47. The number of aromatic nitrogens is 1. The first-order chi connectivity index (χ1) is 10.2. The summed E-state index contributed by atoms with van der Waals surface area (Å²) in [5, 5.41) is 15.9. The Hall–Kier alpha value is -1.32. The smallest absolute Gasteiger partial charge is 0.0666 e. The zero-order chi connectivity index (χ0) is 14.4. The number of nitrogens with one attached hydrogen (secondary N) is 2. The minimum atomic E-state index is -0.554. The summed E-state index contributed by atoms with van der Waals surface area (Å²) >= 11 is 0. The first-order valence-electron chi connectivity index (χ1n) is 8.22. The van der Waals surface area contributed by atoms with Gasteiger partial charge in [0.2, 0.25) is 0 Å². The van der Waals surface area contributed by atoms with Crippen molar-refractivity contribution in [2.24, 2.45) is 5.92 Å². The molecule has 1 aromatic carbocycles. The van der Waals surface area contributed by atoms with Gasteiger partial charge in [-0.05, 0) is 44.4 Å². The van der Waals surface area contributed by atoms with Gasteiger partial charge in [0.25, 0.3) is 0 Å². The van der Waals surface area contributed by atoms with E-state index < -0.39 is 5.60 Å². The van der Waals surface area contributed by atoms with E-state index in [0.29, 0.717) is 5.92 Å². The summed E-state index contributed by atoms with van der Waals surface area (Å²) in [6.45, 7) is 3.03. The molecule has 1 aliphatic carbocycles. The molecular weight excluding hydrogens is 260 g/mol. The number of hydrogen-bond acceptors (Lipinski definition) is 2. The van der Waals surface area contributed by atoms with Crippen molar-refractivity contribution >= 4 is 10.9 Å². The molecule has 1 saturated carbocycles. The topological polar surface area (TPSA) is 48.0 Å². The molecule has 0 saturated heterocycles. The van der Waals surface area contributed by atoms with E-state index in [4.69, 9.17) is 0 Å². The van der Waals surface area contributed by atoms with E-state index >= 15 is 0 Å². The van der Waals surface area contributed by atoms with Crippen LogP contribution in [0.1, 0.15) is 49.9 Å². The van der Waals surface area contributed by atoms with Gasteiger partial charge in [0.1, 0.15) is 0 Å². The molecule has 3 nitrogen and oxygen atoms in total. The second-order valence-corrected chi connectivity index (χ2v) is 6.95. The van der Waals surface area contributed by atoms with Crippen LogP contribution in [0.25, 0.3) is 10.9 Å². The predicted molar refractivity (Wildman–Crippen MR) is 85.3 cm³/mol. The van der Waals surface area contributed by atoms with E-state index in [2.05, 4.69) is 34.6 Å². The number of H-pyrrole nitrogens is 1. The summed E-state index contributed by atoms with van der Waals surface area (Å²) in [5.41, 5.74) is 3.44. The Labute approximate surface area is 125 Å². The van der Waals surface area contributed by atoms with Gasteiger partial charge in [0.05, 0.1) is 11.6 Å². The van der Waals surface area contributed by atoms with Crippen LogP contribution in [0.3, 0.4) is 0 Å². The highest BCUT2D eigenvalue weighted by molar-refractivity contribution is 5.85. The molecular formula is C18H24N2O. The zero-order valence-corrected chi connectivity index (χ0v) is 12.7. The lowest BCUT2D eigenvalue weighted by atomic mass is 9.71. The normalized spacial score (nSPS) is 33.0. The summed E-state index contributed by atoms with van der Waals surface area (Å²) in [6, 6.07) is 8.83. The van der Waals surface area contributed by atoms with Crippen LogP contribution in [-0.2, 0) is 6.42 Å². The number of hydrogen-bond donors (Lipinski definition) is 3. The molecule has 0 bridgehead atoms. The molecule has 0 amide bonds. The van der Waals surface area contributed by atoms with Gasteiger partial charge >= 0.3 is 0 Å². The number of fused-ring (bicyclic) bond motifs is 3. The van der Waals surface area contributed by atoms with Crippen LogP contribution < -0.4 is 5.32 Å². The molecule has 3 atom stereocenters. The van der Waals surface area contributed by atoms with E-state index in [1.54, 1.807) is 0 Å². The van der Waals surface area contributed by atoms with Crippen molar-refractivity contribution in [1.82, 2.24) is 10.3 Å². The molecule has 2 heterocycles. The third-order valence-electron chi connectivity index (χ3n) is 5.55. The average Bonchev–Trinajstić information content (AvgIpc) is 2.86. The quantitative estimate of drug-likeness (QED) is 0.752. The summed E-state index contributed by atoms with van der Waals surface area (Å²) in [4.78, 5) is 3.63. The Balaban J connectivity index is 1.79. The molecule has 0 radical (unpaired) electrons. The van der Waals surface area contributed by atoms with Gasteiger partial charge in [-0.1, -0.05) is 31.0 Å². The van der Waals surface area contributed by atoms with Crippen LogP contribution in [0, 0.1) is 5.92 Å². The van der Waals surface area contributed by atoms with E-state index in [0.717, 1.165) is 32.2 Å². The molecule has 3 N–H and O–H groups in total. The maximum absolute atomic E-state index is 10.8. The van der Waals surface area contributed by atoms with Crippen LogP contribution in [0.5, 0.6) is 0 Å². The first-order valence-corrected chi connectivity index (χ1v) is 8.22. The molecule has 1 aliphatic heterocycles. The van der Waals surface area contributed by atoms with E-state index in [1.807, 2.05) is 6.92 Å². The standard InChI is InChI=1S/C18H24N2O/c1-18(21)10-5-4-7-14(18)17-16-13(9-11-19-17)12-6-2-3-8-15(12)20-16/h2-3,6,8,14,17,19-21H,4-5,7,9-11H2,1H3. The highest BCUT2D eigenvalue weighted by Gasteiger charge is 2.42. The van der Waals surface area contributed by atoms with Gasteiger partial charge in [0, 0.05) is 22.5 Å². The van der Waals surface area contributed by atoms with Crippen molar-refractivity contribution in [1.29, 1.82) is 0 Å². The summed E-state index contributed by atoms with van der Waals surface area (Å²) in [6.07, 6.45) is 5.49.